The van der Waals surface area contributed by atoms with Crippen LogP contribution in [0.25, 0.3) is 0 Å². The number of piperidine rings is 1. The third kappa shape index (κ3) is 3.82. The molecular formula is C17H17BrN2O3. The molecule has 0 spiro atoms. The van der Waals surface area contributed by atoms with Gasteiger partial charge < -0.3 is 14.6 Å². The molecule has 1 N–H and O–H groups in total. The summed E-state index contributed by atoms with van der Waals surface area (Å²) in [6.45, 7) is 1.11. The maximum atomic E-state index is 12.4. The van der Waals surface area contributed by atoms with Crippen molar-refractivity contribution < 1.29 is 14.0 Å². The molecule has 6 heteroatoms. The average Bonchev–Trinajstić information content (AvgIpc) is 3.11. The van der Waals surface area contributed by atoms with Crippen LogP contribution in [0.2, 0.25) is 0 Å². The smallest absolute Gasteiger partial charge is 0.257 e. The maximum Gasteiger partial charge on any atom is 0.257 e. The van der Waals surface area contributed by atoms with E-state index < -0.39 is 0 Å². The number of hydrogen-bond donors (Lipinski definition) is 1. The largest absolute Gasteiger partial charge is 0.472 e. The molecule has 1 aliphatic rings. The molecule has 1 atom stereocenters. The second-order valence-corrected chi connectivity index (χ2v) is 6.51. The van der Waals surface area contributed by atoms with Crippen molar-refractivity contribution in [3.8, 4) is 0 Å². The van der Waals surface area contributed by atoms with Crippen molar-refractivity contribution in [2.75, 3.05) is 18.4 Å². The highest BCUT2D eigenvalue weighted by atomic mass is 79.9. The van der Waals surface area contributed by atoms with Gasteiger partial charge >= 0.3 is 0 Å². The fraction of sp³-hybridized carbons (Fsp3) is 0.294. The molecule has 0 radical (unpaired) electrons. The zero-order chi connectivity index (χ0) is 16.2. The number of carbonyl (C=O) groups is 2. The van der Waals surface area contributed by atoms with Crippen LogP contribution >= 0.6 is 15.9 Å². The number of nitrogens with zero attached hydrogens (tertiary/aromatic N) is 1. The maximum absolute atomic E-state index is 12.4. The molecule has 1 fully saturated rings. The van der Waals surface area contributed by atoms with Crippen LogP contribution in [0.1, 0.15) is 23.2 Å². The Morgan fingerprint density at radius 2 is 2.00 bits per heavy atom. The molecule has 1 aromatic carbocycles. The Morgan fingerprint density at radius 1 is 1.22 bits per heavy atom. The van der Waals surface area contributed by atoms with E-state index in [9.17, 15) is 9.59 Å². The Labute approximate surface area is 142 Å². The van der Waals surface area contributed by atoms with Crippen molar-refractivity contribution in [3.63, 3.8) is 0 Å². The lowest BCUT2D eigenvalue weighted by Gasteiger charge is -2.31. The van der Waals surface area contributed by atoms with Gasteiger partial charge in [-0.05, 0) is 43.2 Å². The lowest BCUT2D eigenvalue weighted by atomic mass is 9.96. The lowest BCUT2D eigenvalue weighted by molar-refractivity contribution is -0.121. The summed E-state index contributed by atoms with van der Waals surface area (Å²) in [5, 5.41) is 2.92. The van der Waals surface area contributed by atoms with E-state index in [1.165, 1.54) is 12.5 Å². The Balaban J connectivity index is 1.62. The minimum absolute atomic E-state index is 0.0444. The summed E-state index contributed by atoms with van der Waals surface area (Å²) in [6, 6.07) is 9.10. The standard InChI is InChI=1S/C17H17BrN2O3/c18-14-3-5-15(6-4-14)19-16(21)12-2-1-8-20(10-12)17(22)13-7-9-23-11-13/h3-7,9,11-12H,1-2,8,10H2,(H,19,21)/t12-/m1/s1. The molecule has 2 amide bonds. The molecule has 1 aromatic heterocycles. The van der Waals surface area contributed by atoms with Crippen LogP contribution in [0.5, 0.6) is 0 Å². The van der Waals surface area contributed by atoms with E-state index in [0.717, 1.165) is 23.0 Å². The normalized spacial score (nSPS) is 17.8. The number of carbonyl (C=O) groups excluding carboxylic acids is 2. The number of likely N-dealkylation sites (tertiary alicyclic amines) is 1. The van der Waals surface area contributed by atoms with Gasteiger partial charge in [0.2, 0.25) is 5.91 Å². The Bertz CT molecular complexity index is 682. The highest BCUT2D eigenvalue weighted by molar-refractivity contribution is 9.10. The second kappa shape index (κ2) is 7.00. The summed E-state index contributed by atoms with van der Waals surface area (Å²) in [4.78, 5) is 26.5. The highest BCUT2D eigenvalue weighted by Gasteiger charge is 2.29. The third-order valence-corrected chi connectivity index (χ3v) is 4.49. The van der Waals surface area contributed by atoms with Gasteiger partial charge in [-0.15, -0.1) is 0 Å². The number of anilines is 1. The van der Waals surface area contributed by atoms with Crippen LogP contribution in [-0.2, 0) is 4.79 Å². The van der Waals surface area contributed by atoms with Gasteiger partial charge in [0, 0.05) is 23.2 Å². The van der Waals surface area contributed by atoms with Crippen LogP contribution in [0, 0.1) is 5.92 Å². The van der Waals surface area contributed by atoms with Gasteiger partial charge in [0.25, 0.3) is 5.91 Å². The number of benzene rings is 1. The Kier molecular flexibility index (Phi) is 4.81. The molecule has 2 aromatic rings. The lowest BCUT2D eigenvalue weighted by Crippen LogP contribution is -2.43. The van der Waals surface area contributed by atoms with Gasteiger partial charge in [0.05, 0.1) is 17.7 Å². The summed E-state index contributed by atoms with van der Waals surface area (Å²) >= 11 is 3.37. The molecule has 1 aliphatic heterocycles. The number of nitrogens with one attached hydrogen (secondary N) is 1. The molecule has 0 unspecified atom stereocenters. The molecule has 0 bridgehead atoms. The molecule has 23 heavy (non-hydrogen) atoms. The molecule has 5 nitrogen and oxygen atoms in total. The Morgan fingerprint density at radius 3 is 2.70 bits per heavy atom. The fourth-order valence-electron chi connectivity index (χ4n) is 2.72. The van der Waals surface area contributed by atoms with E-state index in [2.05, 4.69) is 21.2 Å². The predicted octanol–water partition coefficient (Wildman–Crippen LogP) is 3.53. The van der Waals surface area contributed by atoms with E-state index in [1.54, 1.807) is 11.0 Å². The second-order valence-electron chi connectivity index (χ2n) is 5.60. The average molecular weight is 377 g/mol. The van der Waals surface area contributed by atoms with Crippen molar-refractivity contribution in [3.05, 3.63) is 52.9 Å². The van der Waals surface area contributed by atoms with Gasteiger partial charge in [-0.2, -0.15) is 0 Å². The van der Waals surface area contributed by atoms with Gasteiger partial charge in [-0.1, -0.05) is 15.9 Å². The monoisotopic (exact) mass is 376 g/mol. The van der Waals surface area contributed by atoms with E-state index in [-0.39, 0.29) is 17.7 Å². The number of hydrogen-bond acceptors (Lipinski definition) is 3. The number of halogens is 1. The van der Waals surface area contributed by atoms with E-state index >= 15 is 0 Å². The van der Waals surface area contributed by atoms with Crippen molar-refractivity contribution in [1.82, 2.24) is 4.90 Å². The number of rotatable bonds is 3. The SMILES string of the molecule is O=C(Nc1ccc(Br)cc1)[C@@H]1CCCN(C(=O)c2ccoc2)C1. The van der Waals surface area contributed by atoms with E-state index in [0.29, 0.717) is 18.7 Å². The van der Waals surface area contributed by atoms with Crippen molar-refractivity contribution >= 4 is 33.4 Å². The number of amides is 2. The number of furan rings is 1. The van der Waals surface area contributed by atoms with Gasteiger partial charge in [0.1, 0.15) is 6.26 Å². The highest BCUT2D eigenvalue weighted by Crippen LogP contribution is 2.21. The predicted molar refractivity (Wildman–Crippen MR) is 90.1 cm³/mol. The quantitative estimate of drug-likeness (QED) is 0.890. The first-order valence-corrected chi connectivity index (χ1v) is 8.30. The van der Waals surface area contributed by atoms with E-state index in [4.69, 9.17) is 4.42 Å². The minimum Gasteiger partial charge on any atom is -0.472 e. The van der Waals surface area contributed by atoms with Crippen LogP contribution in [-0.4, -0.2) is 29.8 Å². The minimum atomic E-state index is -0.191. The summed E-state index contributed by atoms with van der Waals surface area (Å²) in [6.07, 6.45) is 4.53. The molecule has 1 saturated heterocycles. The molecule has 0 saturated carbocycles. The van der Waals surface area contributed by atoms with Crippen molar-refractivity contribution in [2.24, 2.45) is 5.92 Å². The summed E-state index contributed by atoms with van der Waals surface area (Å²) in [7, 11) is 0. The topological polar surface area (TPSA) is 62.6 Å². The first-order chi connectivity index (χ1) is 11.1. The molecular weight excluding hydrogens is 360 g/mol. The molecule has 3 rings (SSSR count). The van der Waals surface area contributed by atoms with Gasteiger partial charge in [0.15, 0.2) is 0 Å². The molecule has 0 aliphatic carbocycles. The third-order valence-electron chi connectivity index (χ3n) is 3.96. The first-order valence-electron chi connectivity index (χ1n) is 7.51. The summed E-state index contributed by atoms with van der Waals surface area (Å²) in [5.41, 5.74) is 1.29. The first kappa shape index (κ1) is 15.8. The summed E-state index contributed by atoms with van der Waals surface area (Å²) in [5.74, 6) is -0.319. The van der Waals surface area contributed by atoms with Crippen molar-refractivity contribution in [2.45, 2.75) is 12.8 Å². The fourth-order valence-corrected chi connectivity index (χ4v) is 2.99. The molecule has 120 valence electrons. The van der Waals surface area contributed by atoms with E-state index in [1.807, 2.05) is 24.3 Å². The summed E-state index contributed by atoms with van der Waals surface area (Å²) < 4.78 is 5.92. The Hall–Kier alpha value is -2.08. The van der Waals surface area contributed by atoms with Gasteiger partial charge in [-0.3, -0.25) is 9.59 Å². The molecule has 2 heterocycles. The van der Waals surface area contributed by atoms with Crippen LogP contribution in [0.15, 0.2) is 51.7 Å². The van der Waals surface area contributed by atoms with Crippen LogP contribution in [0.4, 0.5) is 5.69 Å². The zero-order valence-corrected chi connectivity index (χ0v) is 14.1. The van der Waals surface area contributed by atoms with Crippen LogP contribution in [0.3, 0.4) is 0 Å². The van der Waals surface area contributed by atoms with Gasteiger partial charge in [-0.25, -0.2) is 0 Å². The van der Waals surface area contributed by atoms with Crippen molar-refractivity contribution in [1.29, 1.82) is 0 Å². The van der Waals surface area contributed by atoms with Crippen LogP contribution < -0.4 is 5.32 Å². The zero-order valence-electron chi connectivity index (χ0n) is 12.5.